The topological polar surface area (TPSA) is 29.1 Å². The van der Waals surface area contributed by atoms with E-state index in [4.69, 9.17) is 11.6 Å². The number of nitrogens with one attached hydrogen (secondary N) is 1. The molecule has 1 N–H and O–H groups in total. The molecule has 0 aliphatic carbocycles. The average Bonchev–Trinajstić information content (AvgIpc) is 2.88. The van der Waals surface area contributed by atoms with Gasteiger partial charge in [0.2, 0.25) is 0 Å². The van der Waals surface area contributed by atoms with E-state index in [0.717, 1.165) is 23.4 Å². The van der Waals surface area contributed by atoms with Crippen molar-refractivity contribution < 1.29 is 18.0 Å². The van der Waals surface area contributed by atoms with Gasteiger partial charge in [0.05, 0.1) is 15.5 Å². The van der Waals surface area contributed by atoms with Crippen molar-refractivity contribution in [3.05, 3.63) is 50.7 Å². The summed E-state index contributed by atoms with van der Waals surface area (Å²) < 4.78 is 38.2. The van der Waals surface area contributed by atoms with E-state index in [2.05, 4.69) is 5.32 Å². The first-order valence-corrected chi connectivity index (χ1v) is 7.27. The Hall–Kier alpha value is -1.53. The zero-order valence-corrected chi connectivity index (χ0v) is 12.5. The zero-order chi connectivity index (χ0) is 15.6. The maximum Gasteiger partial charge on any atom is 0.417 e. The molecule has 1 amide bonds. The van der Waals surface area contributed by atoms with Crippen LogP contribution in [-0.4, -0.2) is 5.91 Å². The summed E-state index contributed by atoms with van der Waals surface area (Å²) in [5.74, 6) is -0.435. The number of aryl methyl sites for hydroxylation is 1. The first-order chi connectivity index (χ1) is 9.81. The lowest BCUT2D eigenvalue weighted by atomic mass is 10.2. The second-order valence-electron chi connectivity index (χ2n) is 4.27. The Kier molecular flexibility index (Phi) is 4.58. The zero-order valence-electron chi connectivity index (χ0n) is 10.9. The molecule has 0 fully saturated rings. The Balaban J connectivity index is 2.21. The van der Waals surface area contributed by atoms with Crippen LogP contribution in [0, 0.1) is 0 Å². The lowest BCUT2D eigenvalue weighted by Gasteiger charge is -2.11. The van der Waals surface area contributed by atoms with Gasteiger partial charge in [0, 0.05) is 10.6 Å². The molecule has 0 aliphatic heterocycles. The SMILES string of the molecule is CCc1ccc(C(=O)Nc2ccc(Cl)c(C(F)(F)F)c2)s1. The third-order valence-electron chi connectivity index (χ3n) is 2.76. The van der Waals surface area contributed by atoms with Crippen molar-refractivity contribution in [2.45, 2.75) is 19.5 Å². The number of benzene rings is 1. The molecule has 0 radical (unpaired) electrons. The average molecular weight is 334 g/mol. The summed E-state index contributed by atoms with van der Waals surface area (Å²) in [5.41, 5.74) is -0.912. The molecule has 1 aromatic heterocycles. The van der Waals surface area contributed by atoms with Gasteiger partial charge >= 0.3 is 6.18 Å². The van der Waals surface area contributed by atoms with Crippen LogP contribution >= 0.6 is 22.9 Å². The molecule has 1 heterocycles. The quantitative estimate of drug-likeness (QED) is 0.818. The summed E-state index contributed by atoms with van der Waals surface area (Å²) in [4.78, 5) is 13.5. The van der Waals surface area contributed by atoms with Crippen LogP contribution in [0.3, 0.4) is 0 Å². The number of amides is 1. The van der Waals surface area contributed by atoms with Crippen molar-refractivity contribution in [3.63, 3.8) is 0 Å². The fourth-order valence-electron chi connectivity index (χ4n) is 1.70. The fraction of sp³-hybridized carbons (Fsp3) is 0.214. The Bertz CT molecular complexity index is 666. The summed E-state index contributed by atoms with van der Waals surface area (Å²) in [6.07, 6.45) is -3.76. The molecule has 2 rings (SSSR count). The van der Waals surface area contributed by atoms with E-state index in [1.165, 1.54) is 17.4 Å². The molecule has 2 nitrogen and oxygen atoms in total. The minimum atomic E-state index is -4.56. The van der Waals surface area contributed by atoms with Crippen LogP contribution in [-0.2, 0) is 12.6 Å². The molecule has 21 heavy (non-hydrogen) atoms. The number of halogens is 4. The van der Waals surface area contributed by atoms with Crippen molar-refractivity contribution >= 4 is 34.5 Å². The van der Waals surface area contributed by atoms with Crippen LogP contribution in [0.4, 0.5) is 18.9 Å². The van der Waals surface area contributed by atoms with Gasteiger partial charge in [-0.3, -0.25) is 4.79 Å². The lowest BCUT2D eigenvalue weighted by molar-refractivity contribution is -0.137. The van der Waals surface area contributed by atoms with Gasteiger partial charge in [0.1, 0.15) is 0 Å². The highest BCUT2D eigenvalue weighted by atomic mass is 35.5. The first-order valence-electron chi connectivity index (χ1n) is 6.08. The molecule has 2 aromatic rings. The predicted molar refractivity (Wildman–Crippen MR) is 78.1 cm³/mol. The second kappa shape index (κ2) is 6.07. The number of alkyl halides is 3. The maximum absolute atomic E-state index is 12.7. The molecule has 0 atom stereocenters. The van der Waals surface area contributed by atoms with Gasteiger partial charge in [-0.05, 0) is 36.8 Å². The highest BCUT2D eigenvalue weighted by Gasteiger charge is 2.33. The molecule has 0 saturated heterocycles. The molecule has 0 aliphatic rings. The standard InChI is InChI=1S/C14H11ClF3NOS/c1-2-9-4-6-12(21-9)13(20)19-8-3-5-11(15)10(7-8)14(16,17)18/h3-7H,2H2,1H3,(H,19,20). The van der Waals surface area contributed by atoms with Gasteiger partial charge < -0.3 is 5.32 Å². The van der Waals surface area contributed by atoms with Gasteiger partial charge in [0.25, 0.3) is 5.91 Å². The van der Waals surface area contributed by atoms with Crippen molar-refractivity contribution in [1.82, 2.24) is 0 Å². The molecule has 1 aromatic carbocycles. The molecule has 0 unspecified atom stereocenters. The van der Waals surface area contributed by atoms with E-state index < -0.39 is 22.7 Å². The Morgan fingerprint density at radius 2 is 2.00 bits per heavy atom. The van der Waals surface area contributed by atoms with Gasteiger partial charge in [-0.2, -0.15) is 13.2 Å². The number of rotatable bonds is 3. The third-order valence-corrected chi connectivity index (χ3v) is 4.32. The summed E-state index contributed by atoms with van der Waals surface area (Å²) >= 11 is 6.84. The molecule has 7 heteroatoms. The van der Waals surface area contributed by atoms with Crippen molar-refractivity contribution in [2.24, 2.45) is 0 Å². The van der Waals surface area contributed by atoms with Gasteiger partial charge in [0.15, 0.2) is 0 Å². The largest absolute Gasteiger partial charge is 0.417 e. The number of hydrogen-bond acceptors (Lipinski definition) is 2. The van der Waals surface area contributed by atoms with Crippen molar-refractivity contribution in [1.29, 1.82) is 0 Å². The Morgan fingerprint density at radius 3 is 2.57 bits per heavy atom. The van der Waals surface area contributed by atoms with E-state index in [1.807, 2.05) is 13.0 Å². The molecule has 0 spiro atoms. The van der Waals surface area contributed by atoms with Gasteiger partial charge in [-0.15, -0.1) is 11.3 Å². The van der Waals surface area contributed by atoms with Crippen LogP contribution < -0.4 is 5.32 Å². The number of carbonyl (C=O) groups excluding carboxylic acids is 1. The summed E-state index contributed by atoms with van der Waals surface area (Å²) in [6.45, 7) is 1.96. The monoisotopic (exact) mass is 333 g/mol. The van der Waals surface area contributed by atoms with E-state index in [-0.39, 0.29) is 5.69 Å². The van der Waals surface area contributed by atoms with Crippen LogP contribution in [0.25, 0.3) is 0 Å². The highest BCUT2D eigenvalue weighted by molar-refractivity contribution is 7.14. The van der Waals surface area contributed by atoms with Crippen LogP contribution in [0.5, 0.6) is 0 Å². The minimum Gasteiger partial charge on any atom is -0.321 e. The summed E-state index contributed by atoms with van der Waals surface area (Å²) in [7, 11) is 0. The van der Waals surface area contributed by atoms with Crippen molar-refractivity contribution in [2.75, 3.05) is 5.32 Å². The number of thiophene rings is 1. The first kappa shape index (κ1) is 15.9. The summed E-state index contributed by atoms with van der Waals surface area (Å²) in [6, 6.07) is 6.76. The highest BCUT2D eigenvalue weighted by Crippen LogP contribution is 2.36. The number of anilines is 1. The fourth-order valence-corrected chi connectivity index (χ4v) is 2.77. The lowest BCUT2D eigenvalue weighted by Crippen LogP contribution is -2.12. The summed E-state index contributed by atoms with van der Waals surface area (Å²) in [5, 5.41) is 2.05. The van der Waals surface area contributed by atoms with Crippen LogP contribution in [0.15, 0.2) is 30.3 Å². The number of carbonyl (C=O) groups is 1. The smallest absolute Gasteiger partial charge is 0.321 e. The molecular formula is C14H11ClF3NOS. The van der Waals surface area contributed by atoms with Crippen molar-refractivity contribution in [3.8, 4) is 0 Å². The minimum absolute atomic E-state index is 0.0585. The van der Waals surface area contributed by atoms with E-state index >= 15 is 0 Å². The second-order valence-corrected chi connectivity index (χ2v) is 5.84. The Morgan fingerprint density at radius 1 is 1.29 bits per heavy atom. The normalized spacial score (nSPS) is 11.5. The number of hydrogen-bond donors (Lipinski definition) is 1. The Labute approximate surface area is 128 Å². The molecule has 0 saturated carbocycles. The third kappa shape index (κ3) is 3.77. The molecular weight excluding hydrogens is 323 g/mol. The van der Waals surface area contributed by atoms with Crippen LogP contribution in [0.2, 0.25) is 5.02 Å². The molecule has 0 bridgehead atoms. The van der Waals surface area contributed by atoms with Gasteiger partial charge in [-0.1, -0.05) is 18.5 Å². The van der Waals surface area contributed by atoms with E-state index in [9.17, 15) is 18.0 Å². The van der Waals surface area contributed by atoms with Gasteiger partial charge in [-0.25, -0.2) is 0 Å². The maximum atomic E-state index is 12.7. The van der Waals surface area contributed by atoms with Crippen LogP contribution in [0.1, 0.15) is 27.0 Å². The van der Waals surface area contributed by atoms with E-state index in [1.54, 1.807) is 6.07 Å². The predicted octanol–water partition coefficient (Wildman–Crippen LogP) is 5.24. The molecule has 112 valence electrons. The van der Waals surface area contributed by atoms with E-state index in [0.29, 0.717) is 4.88 Å².